The van der Waals surface area contributed by atoms with E-state index in [1.54, 1.807) is 0 Å². The number of hydrogen-bond acceptors (Lipinski definition) is 3. The summed E-state index contributed by atoms with van der Waals surface area (Å²) < 4.78 is 1.07. The van der Waals surface area contributed by atoms with E-state index in [4.69, 9.17) is 5.73 Å². The number of nitrogens with one attached hydrogen (secondary N) is 1. The van der Waals surface area contributed by atoms with E-state index in [2.05, 4.69) is 27.3 Å². The number of rotatable bonds is 3. The molecule has 2 rings (SSSR count). The molecule has 18 heavy (non-hydrogen) atoms. The number of likely N-dealkylation sites (tertiary alicyclic amines) is 1. The Labute approximate surface area is 116 Å². The Balaban J connectivity index is 1.87. The third-order valence-corrected chi connectivity index (χ3v) is 3.95. The van der Waals surface area contributed by atoms with Crippen LogP contribution in [0.3, 0.4) is 0 Å². The second-order valence-corrected chi connectivity index (χ2v) is 5.34. The zero-order chi connectivity index (χ0) is 13.0. The number of anilines is 1. The number of amides is 1. The molecule has 3 N–H and O–H groups in total. The van der Waals surface area contributed by atoms with Crippen LogP contribution >= 0.6 is 15.9 Å². The Kier molecular flexibility index (Phi) is 4.60. The summed E-state index contributed by atoms with van der Waals surface area (Å²) in [5.74, 6) is 0.0503. The highest BCUT2D eigenvalue weighted by Gasteiger charge is 2.21. The lowest BCUT2D eigenvalue weighted by atomic mass is 10.0. The van der Waals surface area contributed by atoms with Gasteiger partial charge in [-0.3, -0.25) is 4.79 Å². The van der Waals surface area contributed by atoms with Gasteiger partial charge in [0, 0.05) is 29.3 Å². The lowest BCUT2D eigenvalue weighted by Gasteiger charge is -2.32. The SMILES string of the molecule is NCC(=O)N1CCC(Nc2ccccc2Br)CC1. The van der Waals surface area contributed by atoms with Crippen LogP contribution in [0.1, 0.15) is 12.8 Å². The first kappa shape index (κ1) is 13.4. The zero-order valence-corrected chi connectivity index (χ0v) is 11.8. The molecule has 1 fully saturated rings. The van der Waals surface area contributed by atoms with Crippen LogP contribution in [0.4, 0.5) is 5.69 Å². The van der Waals surface area contributed by atoms with Gasteiger partial charge in [0.1, 0.15) is 0 Å². The molecule has 1 aliphatic rings. The number of nitrogens with zero attached hydrogens (tertiary/aromatic N) is 1. The van der Waals surface area contributed by atoms with Gasteiger partial charge in [-0.25, -0.2) is 0 Å². The molecular formula is C13H18BrN3O. The number of carbonyl (C=O) groups is 1. The van der Waals surface area contributed by atoms with Crippen LogP contribution in [0, 0.1) is 0 Å². The number of piperidine rings is 1. The highest BCUT2D eigenvalue weighted by Crippen LogP contribution is 2.24. The minimum Gasteiger partial charge on any atom is -0.381 e. The average Bonchev–Trinajstić information content (AvgIpc) is 2.41. The van der Waals surface area contributed by atoms with E-state index < -0.39 is 0 Å². The zero-order valence-electron chi connectivity index (χ0n) is 10.2. The Bertz CT molecular complexity index is 416. The topological polar surface area (TPSA) is 58.4 Å². The monoisotopic (exact) mass is 311 g/mol. The summed E-state index contributed by atoms with van der Waals surface area (Å²) in [6, 6.07) is 8.51. The summed E-state index contributed by atoms with van der Waals surface area (Å²) in [5.41, 5.74) is 6.48. The van der Waals surface area contributed by atoms with Gasteiger partial charge in [0.15, 0.2) is 0 Å². The van der Waals surface area contributed by atoms with Gasteiger partial charge in [-0.2, -0.15) is 0 Å². The first-order chi connectivity index (χ1) is 8.70. The highest BCUT2D eigenvalue weighted by molar-refractivity contribution is 9.10. The Hall–Kier alpha value is -1.07. The predicted octanol–water partition coefficient (Wildman–Crippen LogP) is 1.81. The van der Waals surface area contributed by atoms with Crippen molar-refractivity contribution in [2.24, 2.45) is 5.73 Å². The fourth-order valence-electron chi connectivity index (χ4n) is 2.20. The Morgan fingerprint density at radius 3 is 2.67 bits per heavy atom. The van der Waals surface area contributed by atoms with Crippen molar-refractivity contribution in [1.29, 1.82) is 0 Å². The van der Waals surface area contributed by atoms with Crippen molar-refractivity contribution in [3.63, 3.8) is 0 Å². The quantitative estimate of drug-likeness (QED) is 0.895. The molecule has 0 bridgehead atoms. The third-order valence-electron chi connectivity index (χ3n) is 3.26. The number of benzene rings is 1. The van der Waals surface area contributed by atoms with Crippen LogP contribution in [-0.4, -0.2) is 36.5 Å². The van der Waals surface area contributed by atoms with Crippen molar-refractivity contribution in [2.45, 2.75) is 18.9 Å². The van der Waals surface area contributed by atoms with E-state index in [1.807, 2.05) is 23.1 Å². The van der Waals surface area contributed by atoms with E-state index in [0.29, 0.717) is 6.04 Å². The van der Waals surface area contributed by atoms with Crippen LogP contribution in [0.25, 0.3) is 0 Å². The lowest BCUT2D eigenvalue weighted by molar-refractivity contribution is -0.130. The molecule has 1 aromatic rings. The van der Waals surface area contributed by atoms with Gasteiger partial charge < -0.3 is 16.0 Å². The molecule has 1 aromatic carbocycles. The van der Waals surface area contributed by atoms with Gasteiger partial charge >= 0.3 is 0 Å². The van der Waals surface area contributed by atoms with Gasteiger partial charge in [-0.1, -0.05) is 12.1 Å². The van der Waals surface area contributed by atoms with Crippen molar-refractivity contribution in [3.05, 3.63) is 28.7 Å². The minimum atomic E-state index is 0.0503. The van der Waals surface area contributed by atoms with E-state index in [1.165, 1.54) is 0 Å². The van der Waals surface area contributed by atoms with Crippen LogP contribution in [0.15, 0.2) is 28.7 Å². The largest absolute Gasteiger partial charge is 0.381 e. The van der Waals surface area contributed by atoms with Crippen molar-refractivity contribution in [2.75, 3.05) is 25.0 Å². The third kappa shape index (κ3) is 3.23. The van der Waals surface area contributed by atoms with Crippen LogP contribution in [0.5, 0.6) is 0 Å². The van der Waals surface area contributed by atoms with E-state index in [0.717, 1.165) is 36.1 Å². The smallest absolute Gasteiger partial charge is 0.236 e. The molecule has 0 atom stereocenters. The van der Waals surface area contributed by atoms with E-state index in [9.17, 15) is 4.79 Å². The summed E-state index contributed by atoms with van der Waals surface area (Å²) in [6.07, 6.45) is 1.93. The van der Waals surface area contributed by atoms with E-state index in [-0.39, 0.29) is 12.5 Å². The van der Waals surface area contributed by atoms with Crippen molar-refractivity contribution in [1.82, 2.24) is 4.90 Å². The maximum Gasteiger partial charge on any atom is 0.236 e. The molecule has 0 radical (unpaired) electrons. The van der Waals surface area contributed by atoms with Crippen LogP contribution < -0.4 is 11.1 Å². The molecule has 1 aliphatic heterocycles. The van der Waals surface area contributed by atoms with Gasteiger partial charge in [0.2, 0.25) is 5.91 Å². The number of hydrogen-bond donors (Lipinski definition) is 2. The van der Waals surface area contributed by atoms with Crippen LogP contribution in [-0.2, 0) is 4.79 Å². The number of halogens is 1. The van der Waals surface area contributed by atoms with E-state index >= 15 is 0 Å². The second-order valence-electron chi connectivity index (χ2n) is 4.48. The van der Waals surface area contributed by atoms with Crippen molar-refractivity contribution >= 4 is 27.5 Å². The maximum atomic E-state index is 11.5. The lowest BCUT2D eigenvalue weighted by Crippen LogP contribution is -2.44. The molecule has 0 saturated carbocycles. The standard InChI is InChI=1S/C13H18BrN3O/c14-11-3-1-2-4-12(11)16-10-5-7-17(8-6-10)13(18)9-15/h1-4,10,16H,5-9,15H2. The Morgan fingerprint density at radius 2 is 2.06 bits per heavy atom. The summed E-state index contributed by atoms with van der Waals surface area (Å²) in [7, 11) is 0. The number of para-hydroxylation sites is 1. The highest BCUT2D eigenvalue weighted by atomic mass is 79.9. The molecule has 1 saturated heterocycles. The summed E-state index contributed by atoms with van der Waals surface area (Å²) in [4.78, 5) is 13.3. The fraction of sp³-hybridized carbons (Fsp3) is 0.462. The second kappa shape index (κ2) is 6.20. The summed E-state index contributed by atoms with van der Waals surface area (Å²) in [6.45, 7) is 1.69. The molecule has 98 valence electrons. The first-order valence-electron chi connectivity index (χ1n) is 6.19. The number of carbonyl (C=O) groups excluding carboxylic acids is 1. The predicted molar refractivity (Wildman–Crippen MR) is 76.4 cm³/mol. The molecule has 0 aromatic heterocycles. The normalized spacial score (nSPS) is 16.7. The Morgan fingerprint density at radius 1 is 1.39 bits per heavy atom. The van der Waals surface area contributed by atoms with Gasteiger partial charge in [0.05, 0.1) is 6.54 Å². The summed E-state index contributed by atoms with van der Waals surface area (Å²) >= 11 is 3.53. The molecular weight excluding hydrogens is 294 g/mol. The maximum absolute atomic E-state index is 11.5. The molecule has 4 nitrogen and oxygen atoms in total. The average molecular weight is 312 g/mol. The first-order valence-corrected chi connectivity index (χ1v) is 6.99. The molecule has 0 spiro atoms. The van der Waals surface area contributed by atoms with Gasteiger partial charge in [-0.05, 0) is 40.9 Å². The summed E-state index contributed by atoms with van der Waals surface area (Å²) in [5, 5.41) is 3.51. The molecule has 5 heteroatoms. The molecule has 0 aliphatic carbocycles. The van der Waals surface area contributed by atoms with Crippen molar-refractivity contribution < 1.29 is 4.79 Å². The molecule has 0 unspecified atom stereocenters. The van der Waals surface area contributed by atoms with Gasteiger partial charge in [-0.15, -0.1) is 0 Å². The molecule has 1 amide bonds. The molecule has 1 heterocycles. The number of nitrogens with two attached hydrogens (primary N) is 1. The van der Waals surface area contributed by atoms with Crippen molar-refractivity contribution in [3.8, 4) is 0 Å². The van der Waals surface area contributed by atoms with Crippen LogP contribution in [0.2, 0.25) is 0 Å². The minimum absolute atomic E-state index is 0.0503. The fourth-order valence-corrected chi connectivity index (χ4v) is 2.60. The van der Waals surface area contributed by atoms with Gasteiger partial charge in [0.25, 0.3) is 0 Å².